The Labute approximate surface area is 134 Å². The van der Waals surface area contributed by atoms with Crippen LogP contribution >= 0.6 is 0 Å². The van der Waals surface area contributed by atoms with Gasteiger partial charge in [0, 0.05) is 38.3 Å². The molecule has 8 nitrogen and oxygen atoms in total. The van der Waals surface area contributed by atoms with Crippen molar-refractivity contribution in [3.63, 3.8) is 0 Å². The van der Waals surface area contributed by atoms with E-state index in [-0.39, 0.29) is 37.0 Å². The van der Waals surface area contributed by atoms with Crippen molar-refractivity contribution in [2.24, 2.45) is 10.5 Å². The summed E-state index contributed by atoms with van der Waals surface area (Å²) in [6.07, 6.45) is 0.367. The monoisotopic (exact) mass is 325 g/mol. The topological polar surface area (TPSA) is 108 Å². The van der Waals surface area contributed by atoms with Crippen LogP contribution in [0.3, 0.4) is 0 Å². The molecule has 0 aromatic heterocycles. The van der Waals surface area contributed by atoms with Crippen molar-refractivity contribution in [3.8, 4) is 0 Å². The second-order valence-corrected chi connectivity index (χ2v) is 6.50. The highest BCUT2D eigenvalue weighted by Gasteiger charge is 2.66. The van der Waals surface area contributed by atoms with E-state index in [9.17, 15) is 19.5 Å². The molecule has 2 amide bonds. The van der Waals surface area contributed by atoms with Gasteiger partial charge in [0.15, 0.2) is 0 Å². The van der Waals surface area contributed by atoms with Crippen molar-refractivity contribution < 1.29 is 24.2 Å². The van der Waals surface area contributed by atoms with Crippen molar-refractivity contribution in [1.82, 2.24) is 10.3 Å². The van der Waals surface area contributed by atoms with Crippen LogP contribution < -0.4 is 5.32 Å². The number of hydrogen-bond acceptors (Lipinski definition) is 5. The van der Waals surface area contributed by atoms with Crippen molar-refractivity contribution in [1.29, 1.82) is 0 Å². The molecule has 1 heterocycles. The molecule has 23 heavy (non-hydrogen) atoms. The first kappa shape index (κ1) is 17.4. The lowest BCUT2D eigenvalue weighted by atomic mass is 9.54. The van der Waals surface area contributed by atoms with Gasteiger partial charge in [-0.1, -0.05) is 13.8 Å². The van der Waals surface area contributed by atoms with Crippen molar-refractivity contribution in [3.05, 3.63) is 0 Å². The van der Waals surface area contributed by atoms with E-state index in [1.165, 1.54) is 7.05 Å². The number of amides is 2. The molecule has 0 saturated heterocycles. The smallest absolute Gasteiger partial charge is 0.330 e. The molecule has 1 aliphatic heterocycles. The van der Waals surface area contributed by atoms with Gasteiger partial charge < -0.3 is 15.2 Å². The SMILES string of the molecule is CCO[C@@H]1C[C@@](NC(=O)C2=NN(C)C(=O)CC2)(C(=O)O)C1(C)C. The molecule has 0 spiro atoms. The molecule has 1 aliphatic carbocycles. The Morgan fingerprint density at radius 1 is 1.43 bits per heavy atom. The van der Waals surface area contributed by atoms with Crippen LogP contribution in [0.25, 0.3) is 0 Å². The van der Waals surface area contributed by atoms with Crippen LogP contribution in [0.5, 0.6) is 0 Å². The molecule has 2 rings (SSSR count). The van der Waals surface area contributed by atoms with E-state index in [2.05, 4.69) is 10.4 Å². The van der Waals surface area contributed by atoms with E-state index in [4.69, 9.17) is 4.74 Å². The lowest BCUT2D eigenvalue weighted by Gasteiger charge is -2.58. The van der Waals surface area contributed by atoms with Crippen LogP contribution in [0.1, 0.15) is 40.0 Å². The van der Waals surface area contributed by atoms with Gasteiger partial charge in [-0.3, -0.25) is 9.59 Å². The lowest BCUT2D eigenvalue weighted by molar-refractivity contribution is -0.193. The third kappa shape index (κ3) is 2.71. The first-order valence-corrected chi connectivity index (χ1v) is 7.67. The minimum Gasteiger partial charge on any atom is -0.479 e. The minimum atomic E-state index is -1.40. The summed E-state index contributed by atoms with van der Waals surface area (Å²) in [5.41, 5.74) is -1.98. The third-order valence-corrected chi connectivity index (χ3v) is 4.93. The predicted molar refractivity (Wildman–Crippen MR) is 81.8 cm³/mol. The average Bonchev–Trinajstić information content (AvgIpc) is 2.48. The number of carboxylic acids is 1. The van der Waals surface area contributed by atoms with Crippen LogP contribution in [0, 0.1) is 5.41 Å². The molecule has 128 valence electrons. The molecule has 2 atom stereocenters. The Balaban J connectivity index is 2.19. The zero-order valence-corrected chi connectivity index (χ0v) is 13.9. The maximum absolute atomic E-state index is 12.4. The van der Waals surface area contributed by atoms with E-state index >= 15 is 0 Å². The molecule has 2 N–H and O–H groups in total. The van der Waals surface area contributed by atoms with Gasteiger partial charge in [0.25, 0.3) is 5.91 Å². The Kier molecular flexibility index (Phi) is 4.48. The zero-order valence-electron chi connectivity index (χ0n) is 13.9. The van der Waals surface area contributed by atoms with Gasteiger partial charge in [-0.05, 0) is 6.92 Å². The van der Waals surface area contributed by atoms with Crippen LogP contribution in [0.4, 0.5) is 0 Å². The fourth-order valence-corrected chi connectivity index (χ4v) is 3.14. The Hall–Kier alpha value is -1.96. The predicted octanol–water partition coefficient (Wildman–Crippen LogP) is 0.369. The Bertz CT molecular complexity index is 571. The number of hydrazone groups is 1. The fraction of sp³-hybridized carbons (Fsp3) is 0.733. The number of nitrogens with zero attached hydrogens (tertiary/aromatic N) is 2. The van der Waals surface area contributed by atoms with Gasteiger partial charge in [-0.2, -0.15) is 5.10 Å². The Morgan fingerprint density at radius 2 is 2.09 bits per heavy atom. The molecular weight excluding hydrogens is 302 g/mol. The summed E-state index contributed by atoms with van der Waals surface area (Å²) in [7, 11) is 1.47. The largest absolute Gasteiger partial charge is 0.479 e. The normalized spacial score (nSPS) is 29.6. The summed E-state index contributed by atoms with van der Waals surface area (Å²) in [5.74, 6) is -1.81. The van der Waals surface area contributed by atoms with Crippen LogP contribution in [0.2, 0.25) is 0 Å². The van der Waals surface area contributed by atoms with Crippen molar-refractivity contribution in [2.45, 2.75) is 51.7 Å². The van der Waals surface area contributed by atoms with Gasteiger partial charge in [0.05, 0.1) is 6.10 Å². The van der Waals surface area contributed by atoms with Crippen molar-refractivity contribution in [2.75, 3.05) is 13.7 Å². The van der Waals surface area contributed by atoms with Crippen molar-refractivity contribution >= 4 is 23.5 Å². The van der Waals surface area contributed by atoms with Gasteiger partial charge in [0.1, 0.15) is 11.3 Å². The third-order valence-electron chi connectivity index (χ3n) is 4.93. The number of ether oxygens (including phenoxy) is 1. The molecule has 8 heteroatoms. The summed E-state index contributed by atoms with van der Waals surface area (Å²) in [6.45, 7) is 5.86. The molecule has 0 unspecified atom stereocenters. The summed E-state index contributed by atoms with van der Waals surface area (Å²) in [5, 5.41) is 17.3. The number of rotatable bonds is 5. The molecule has 0 radical (unpaired) electrons. The van der Waals surface area contributed by atoms with Crippen LogP contribution in [-0.4, -0.2) is 58.9 Å². The zero-order chi connectivity index (χ0) is 17.4. The van der Waals surface area contributed by atoms with Gasteiger partial charge in [-0.15, -0.1) is 0 Å². The van der Waals surface area contributed by atoms with E-state index in [1.54, 1.807) is 13.8 Å². The summed E-state index contributed by atoms with van der Waals surface area (Å²) >= 11 is 0. The second kappa shape index (κ2) is 5.92. The van der Waals surface area contributed by atoms with Crippen LogP contribution in [-0.2, 0) is 19.1 Å². The maximum atomic E-state index is 12.4. The maximum Gasteiger partial charge on any atom is 0.330 e. The summed E-state index contributed by atoms with van der Waals surface area (Å²) in [6, 6.07) is 0. The molecular formula is C15H23N3O5. The molecule has 0 aromatic rings. The molecule has 0 aromatic carbocycles. The van der Waals surface area contributed by atoms with Gasteiger partial charge in [-0.25, -0.2) is 9.80 Å². The van der Waals surface area contributed by atoms with Gasteiger partial charge >= 0.3 is 5.97 Å². The second-order valence-electron chi connectivity index (χ2n) is 6.50. The standard InChI is InChI=1S/C15H23N3O5/c1-5-23-10-8-15(13(21)22,14(10,2)3)16-12(20)9-6-7-11(19)18(4)17-9/h10H,5-8H2,1-4H3,(H,16,20)(H,21,22)/t10-,15-/m1/s1. The first-order chi connectivity index (χ1) is 10.7. The Morgan fingerprint density at radius 3 is 2.57 bits per heavy atom. The highest BCUT2D eigenvalue weighted by molar-refractivity contribution is 6.40. The fourth-order valence-electron chi connectivity index (χ4n) is 3.14. The number of nitrogens with one attached hydrogen (secondary N) is 1. The first-order valence-electron chi connectivity index (χ1n) is 7.67. The number of hydrogen-bond donors (Lipinski definition) is 2. The summed E-state index contributed by atoms with van der Waals surface area (Å²) in [4.78, 5) is 35.7. The molecule has 1 saturated carbocycles. The van der Waals surface area contributed by atoms with E-state index in [1.807, 2.05) is 6.92 Å². The van der Waals surface area contributed by atoms with E-state index in [0.29, 0.717) is 6.61 Å². The van der Waals surface area contributed by atoms with E-state index < -0.39 is 22.8 Å². The lowest BCUT2D eigenvalue weighted by Crippen LogP contribution is -2.76. The van der Waals surface area contributed by atoms with Crippen LogP contribution in [0.15, 0.2) is 5.10 Å². The number of carbonyl (C=O) groups is 3. The van der Waals surface area contributed by atoms with E-state index in [0.717, 1.165) is 5.01 Å². The molecule has 2 aliphatic rings. The number of carboxylic acid groups (broad SMARTS) is 1. The highest BCUT2D eigenvalue weighted by Crippen LogP contribution is 2.51. The molecule has 1 fully saturated rings. The minimum absolute atomic E-state index is 0.170. The average molecular weight is 325 g/mol. The number of carbonyl (C=O) groups excluding carboxylic acids is 2. The van der Waals surface area contributed by atoms with Gasteiger partial charge in [0.2, 0.25) is 5.91 Å². The number of aliphatic carboxylic acids is 1. The molecule has 0 bridgehead atoms. The quantitative estimate of drug-likeness (QED) is 0.759. The summed E-state index contributed by atoms with van der Waals surface area (Å²) < 4.78 is 5.56. The highest BCUT2D eigenvalue weighted by atomic mass is 16.5.